The molecule has 0 atom stereocenters. The molecule has 0 saturated heterocycles. The number of fused-ring (bicyclic) bond motifs is 1. The highest BCUT2D eigenvalue weighted by Gasteiger charge is 2.20. The summed E-state index contributed by atoms with van der Waals surface area (Å²) in [7, 11) is -3.83. The van der Waals surface area contributed by atoms with Gasteiger partial charge in [-0.25, -0.2) is 8.42 Å². The molecule has 3 aromatic rings. The number of hydrogen-bond donors (Lipinski definition) is 0. The highest BCUT2D eigenvalue weighted by Crippen LogP contribution is 2.25. The van der Waals surface area contributed by atoms with Gasteiger partial charge in [0.05, 0.1) is 4.90 Å². The molecule has 4 heteroatoms. The average Bonchev–Trinajstić information content (AvgIpc) is 2.60. The molecule has 0 bridgehead atoms. The number of nitrogens with zero attached hydrogens (tertiary/aromatic N) is 1. The summed E-state index contributed by atoms with van der Waals surface area (Å²) in [4.78, 5) is -0.135. The van der Waals surface area contributed by atoms with Crippen molar-refractivity contribution >= 4 is 26.7 Å². The zero-order valence-corrected chi connectivity index (χ0v) is 13.9. The number of rotatable bonds is 3. The van der Waals surface area contributed by atoms with Gasteiger partial charge in [-0.1, -0.05) is 60.2 Å². The van der Waals surface area contributed by atoms with Gasteiger partial charge in [-0.3, -0.25) is 0 Å². The van der Waals surface area contributed by atoms with Crippen LogP contribution in [0.1, 0.15) is 11.1 Å². The third-order valence-electron chi connectivity index (χ3n) is 3.84. The molecule has 0 aliphatic carbocycles. The van der Waals surface area contributed by atoms with Crippen molar-refractivity contribution in [3.8, 4) is 6.07 Å². The molecular weight excluding hydrogens is 318 g/mol. The van der Waals surface area contributed by atoms with Gasteiger partial charge in [0.1, 0.15) is 11.0 Å². The lowest BCUT2D eigenvalue weighted by molar-refractivity contribution is 0.603. The van der Waals surface area contributed by atoms with Crippen LogP contribution < -0.4 is 0 Å². The lowest BCUT2D eigenvalue weighted by Crippen LogP contribution is -2.03. The van der Waals surface area contributed by atoms with Gasteiger partial charge >= 0.3 is 0 Å². The summed E-state index contributed by atoms with van der Waals surface area (Å²) in [6, 6.07) is 21.6. The zero-order chi connectivity index (χ0) is 17.2. The number of aryl methyl sites for hydroxylation is 1. The number of hydrogen-bond acceptors (Lipinski definition) is 3. The Bertz CT molecular complexity index is 1070. The van der Waals surface area contributed by atoms with Crippen molar-refractivity contribution in [1.82, 2.24) is 0 Å². The van der Waals surface area contributed by atoms with Crippen LogP contribution in [0.25, 0.3) is 16.8 Å². The fourth-order valence-electron chi connectivity index (χ4n) is 2.53. The molecule has 0 amide bonds. The molecule has 3 rings (SSSR count). The van der Waals surface area contributed by atoms with E-state index in [9.17, 15) is 13.7 Å². The third kappa shape index (κ3) is 2.94. The predicted molar refractivity (Wildman–Crippen MR) is 95.9 cm³/mol. The van der Waals surface area contributed by atoms with Crippen LogP contribution in [0.2, 0.25) is 0 Å². The molecule has 0 heterocycles. The van der Waals surface area contributed by atoms with E-state index in [2.05, 4.69) is 0 Å². The van der Waals surface area contributed by atoms with E-state index in [1.165, 1.54) is 18.2 Å². The molecule has 0 spiro atoms. The topological polar surface area (TPSA) is 57.9 Å². The Morgan fingerprint density at radius 1 is 0.958 bits per heavy atom. The van der Waals surface area contributed by atoms with Crippen molar-refractivity contribution in [3.05, 3.63) is 82.8 Å². The zero-order valence-electron chi connectivity index (χ0n) is 13.1. The van der Waals surface area contributed by atoms with E-state index in [4.69, 9.17) is 0 Å². The van der Waals surface area contributed by atoms with Gasteiger partial charge in [0, 0.05) is 0 Å². The molecule has 3 aromatic carbocycles. The van der Waals surface area contributed by atoms with Gasteiger partial charge in [0.2, 0.25) is 9.84 Å². The Labute approximate surface area is 141 Å². The van der Waals surface area contributed by atoms with Crippen molar-refractivity contribution in [2.75, 3.05) is 0 Å². The van der Waals surface area contributed by atoms with Crippen LogP contribution in [-0.4, -0.2) is 8.42 Å². The van der Waals surface area contributed by atoms with Crippen LogP contribution in [0.3, 0.4) is 0 Å². The Balaban J connectivity index is 2.16. The van der Waals surface area contributed by atoms with Gasteiger partial charge in [0.25, 0.3) is 0 Å². The van der Waals surface area contributed by atoms with E-state index in [0.29, 0.717) is 5.56 Å². The van der Waals surface area contributed by atoms with Crippen LogP contribution in [0, 0.1) is 18.3 Å². The molecule has 3 nitrogen and oxygen atoms in total. The second kappa shape index (κ2) is 6.31. The maximum absolute atomic E-state index is 12.7. The molecule has 0 fully saturated rings. The SMILES string of the molecule is Cc1ccc(S(=O)(=O)C(C#N)=Cc2cccc3ccccc23)cc1. The van der Waals surface area contributed by atoms with Gasteiger partial charge < -0.3 is 0 Å². The summed E-state index contributed by atoms with van der Waals surface area (Å²) in [5, 5.41) is 11.3. The summed E-state index contributed by atoms with van der Waals surface area (Å²) in [6.07, 6.45) is 1.44. The van der Waals surface area contributed by atoms with Crippen LogP contribution in [0.15, 0.2) is 76.5 Å². The number of sulfone groups is 1. The number of nitriles is 1. The normalized spacial score (nSPS) is 12.1. The predicted octanol–water partition coefficient (Wildman–Crippen LogP) is 4.49. The second-order valence-electron chi connectivity index (χ2n) is 5.51. The van der Waals surface area contributed by atoms with Gasteiger partial charge in [-0.05, 0) is 41.5 Å². The fourth-order valence-corrected chi connectivity index (χ4v) is 3.68. The standard InChI is InChI=1S/C20H15NO2S/c1-15-9-11-18(12-10-15)24(22,23)19(14-21)13-17-7-4-6-16-5-2-3-8-20(16)17/h2-13H,1H3. The molecule has 0 N–H and O–H groups in total. The molecule has 0 radical (unpaired) electrons. The Morgan fingerprint density at radius 3 is 2.33 bits per heavy atom. The first-order chi connectivity index (χ1) is 11.5. The Kier molecular flexibility index (Phi) is 4.20. The van der Waals surface area contributed by atoms with Gasteiger partial charge in [-0.15, -0.1) is 0 Å². The monoisotopic (exact) mass is 333 g/mol. The smallest absolute Gasteiger partial charge is 0.216 e. The summed E-state index contributed by atoms with van der Waals surface area (Å²) in [5.41, 5.74) is 1.67. The van der Waals surface area contributed by atoms with Gasteiger partial charge in [0.15, 0.2) is 0 Å². The molecule has 0 aliphatic heterocycles. The maximum atomic E-state index is 12.7. The first kappa shape index (κ1) is 16.0. The average molecular weight is 333 g/mol. The van der Waals surface area contributed by atoms with E-state index in [1.807, 2.05) is 55.5 Å². The van der Waals surface area contributed by atoms with E-state index in [-0.39, 0.29) is 9.80 Å². The van der Waals surface area contributed by atoms with Crippen molar-refractivity contribution in [2.45, 2.75) is 11.8 Å². The number of benzene rings is 3. The molecule has 0 unspecified atom stereocenters. The quantitative estimate of drug-likeness (QED) is 0.664. The second-order valence-corrected chi connectivity index (χ2v) is 7.42. The Hall–Kier alpha value is -2.90. The molecule has 24 heavy (non-hydrogen) atoms. The lowest BCUT2D eigenvalue weighted by atomic mass is 10.0. The largest absolute Gasteiger partial charge is 0.218 e. The highest BCUT2D eigenvalue weighted by atomic mass is 32.2. The van der Waals surface area contributed by atoms with E-state index >= 15 is 0 Å². The fraction of sp³-hybridized carbons (Fsp3) is 0.0500. The minimum absolute atomic E-state index is 0.126. The first-order valence-corrected chi connectivity index (χ1v) is 8.92. The van der Waals surface area contributed by atoms with E-state index in [1.54, 1.807) is 12.1 Å². The molecule has 0 saturated carbocycles. The number of allylic oxidation sites excluding steroid dienone is 1. The molecular formula is C20H15NO2S. The van der Waals surface area contributed by atoms with Gasteiger partial charge in [-0.2, -0.15) is 5.26 Å². The summed E-state index contributed by atoms with van der Waals surface area (Å²) in [6.45, 7) is 1.88. The third-order valence-corrected chi connectivity index (χ3v) is 5.52. The van der Waals surface area contributed by atoms with E-state index in [0.717, 1.165) is 16.3 Å². The Morgan fingerprint density at radius 2 is 1.62 bits per heavy atom. The summed E-state index contributed by atoms with van der Waals surface area (Å²) < 4.78 is 25.4. The minimum atomic E-state index is -3.83. The van der Waals surface area contributed by atoms with Crippen molar-refractivity contribution in [3.63, 3.8) is 0 Å². The van der Waals surface area contributed by atoms with Crippen LogP contribution >= 0.6 is 0 Å². The summed E-state index contributed by atoms with van der Waals surface area (Å²) >= 11 is 0. The van der Waals surface area contributed by atoms with E-state index < -0.39 is 9.84 Å². The first-order valence-electron chi connectivity index (χ1n) is 7.44. The molecule has 0 aromatic heterocycles. The summed E-state index contributed by atoms with van der Waals surface area (Å²) in [5.74, 6) is 0. The minimum Gasteiger partial charge on any atom is -0.218 e. The maximum Gasteiger partial charge on any atom is 0.216 e. The van der Waals surface area contributed by atoms with Crippen molar-refractivity contribution < 1.29 is 8.42 Å². The van der Waals surface area contributed by atoms with Crippen LogP contribution in [0.5, 0.6) is 0 Å². The molecule has 118 valence electrons. The van der Waals surface area contributed by atoms with Crippen LogP contribution in [-0.2, 0) is 9.84 Å². The molecule has 0 aliphatic rings. The van der Waals surface area contributed by atoms with Crippen LogP contribution in [0.4, 0.5) is 0 Å². The van der Waals surface area contributed by atoms with Crippen molar-refractivity contribution in [1.29, 1.82) is 5.26 Å². The van der Waals surface area contributed by atoms with Crippen molar-refractivity contribution in [2.24, 2.45) is 0 Å². The lowest BCUT2D eigenvalue weighted by Gasteiger charge is -2.06. The highest BCUT2D eigenvalue weighted by molar-refractivity contribution is 7.95.